The van der Waals surface area contributed by atoms with Crippen molar-refractivity contribution in [3.63, 3.8) is 0 Å². The summed E-state index contributed by atoms with van der Waals surface area (Å²) < 4.78 is 0. The van der Waals surface area contributed by atoms with E-state index in [1.807, 2.05) is 0 Å². The molecule has 0 bridgehead atoms. The van der Waals surface area contributed by atoms with Crippen LogP contribution in [0.1, 0.15) is 32.1 Å². The van der Waals surface area contributed by atoms with Gasteiger partial charge in [0.15, 0.2) is 0 Å². The van der Waals surface area contributed by atoms with Gasteiger partial charge in [-0.15, -0.1) is 0 Å². The van der Waals surface area contributed by atoms with Crippen molar-refractivity contribution in [2.45, 2.75) is 32.1 Å². The van der Waals surface area contributed by atoms with Gasteiger partial charge in [-0.3, -0.25) is 4.79 Å². The highest BCUT2D eigenvalue weighted by Crippen LogP contribution is 2.29. The van der Waals surface area contributed by atoms with E-state index in [-0.39, 0.29) is 12.6 Å². The predicted molar refractivity (Wildman–Crippen MR) is 75.6 cm³/mol. The minimum absolute atomic E-state index is 0.202. The second kappa shape index (κ2) is 7.47. The lowest BCUT2D eigenvalue weighted by Gasteiger charge is -2.27. The smallest absolute Gasteiger partial charge is 0.323 e. The van der Waals surface area contributed by atoms with Crippen LogP contribution in [0.5, 0.6) is 0 Å². The number of rotatable bonds is 7. The number of carboxylic acid groups (broad SMARTS) is 1. The molecule has 0 aromatic heterocycles. The topological polar surface area (TPSA) is 72.9 Å². The molecule has 114 valence electrons. The van der Waals surface area contributed by atoms with Crippen LogP contribution in [-0.4, -0.2) is 66.2 Å². The quantitative estimate of drug-likeness (QED) is 0.730. The molecule has 6 nitrogen and oxygen atoms in total. The Hall–Kier alpha value is -1.30. The highest BCUT2D eigenvalue weighted by molar-refractivity contribution is 5.80. The number of amides is 2. The van der Waals surface area contributed by atoms with Gasteiger partial charge in [-0.05, 0) is 44.7 Å². The molecular formula is C14H25N3O3. The van der Waals surface area contributed by atoms with Gasteiger partial charge < -0.3 is 20.2 Å². The maximum atomic E-state index is 12.0. The number of nitrogens with zero attached hydrogens (tertiary/aromatic N) is 2. The van der Waals surface area contributed by atoms with E-state index in [1.165, 1.54) is 24.2 Å². The number of urea groups is 1. The fourth-order valence-electron chi connectivity index (χ4n) is 2.61. The van der Waals surface area contributed by atoms with Crippen molar-refractivity contribution in [2.24, 2.45) is 5.92 Å². The lowest BCUT2D eigenvalue weighted by atomic mass is 10.1. The van der Waals surface area contributed by atoms with Crippen molar-refractivity contribution >= 4 is 12.0 Å². The predicted octanol–water partition coefficient (Wildman–Crippen LogP) is 0.978. The van der Waals surface area contributed by atoms with Gasteiger partial charge in [0, 0.05) is 19.6 Å². The lowest BCUT2D eigenvalue weighted by molar-refractivity contribution is -0.137. The van der Waals surface area contributed by atoms with Crippen LogP contribution in [0.15, 0.2) is 0 Å². The number of carbonyl (C=O) groups is 2. The first-order valence-corrected chi connectivity index (χ1v) is 7.62. The van der Waals surface area contributed by atoms with Gasteiger partial charge in [-0.2, -0.15) is 0 Å². The standard InChI is InChI=1S/C14H25N3O3/c18-13(19)11-17(10-12-4-5-12)14(20)15-6-9-16-7-2-1-3-8-16/h12H,1-11H2,(H,15,20)(H,18,19). The molecule has 1 aliphatic heterocycles. The minimum atomic E-state index is -0.947. The fourth-order valence-corrected chi connectivity index (χ4v) is 2.61. The van der Waals surface area contributed by atoms with Crippen LogP contribution >= 0.6 is 0 Å². The van der Waals surface area contributed by atoms with E-state index in [1.54, 1.807) is 0 Å². The summed E-state index contributed by atoms with van der Waals surface area (Å²) >= 11 is 0. The number of hydrogen-bond acceptors (Lipinski definition) is 3. The van der Waals surface area contributed by atoms with Gasteiger partial charge in [0.25, 0.3) is 0 Å². The van der Waals surface area contributed by atoms with Gasteiger partial charge in [0.05, 0.1) is 0 Å². The molecule has 2 amide bonds. The molecule has 1 aliphatic carbocycles. The van der Waals surface area contributed by atoms with Crippen LogP contribution in [0.3, 0.4) is 0 Å². The molecule has 2 fully saturated rings. The zero-order valence-corrected chi connectivity index (χ0v) is 12.0. The molecule has 2 aliphatic rings. The van der Waals surface area contributed by atoms with Gasteiger partial charge in [0.1, 0.15) is 6.54 Å². The van der Waals surface area contributed by atoms with E-state index in [0.29, 0.717) is 19.0 Å². The number of hydrogen-bond donors (Lipinski definition) is 2. The molecule has 1 saturated carbocycles. The van der Waals surface area contributed by atoms with Gasteiger partial charge in [-0.1, -0.05) is 6.42 Å². The molecule has 0 spiro atoms. The second-order valence-electron chi connectivity index (χ2n) is 5.85. The summed E-state index contributed by atoms with van der Waals surface area (Å²) in [6.07, 6.45) is 5.99. The van der Waals surface area contributed by atoms with Crippen LogP contribution < -0.4 is 5.32 Å². The van der Waals surface area contributed by atoms with Crippen molar-refractivity contribution in [1.29, 1.82) is 0 Å². The first-order chi connectivity index (χ1) is 9.65. The second-order valence-corrected chi connectivity index (χ2v) is 5.85. The maximum absolute atomic E-state index is 12.0. The molecule has 6 heteroatoms. The largest absolute Gasteiger partial charge is 0.480 e. The summed E-state index contributed by atoms with van der Waals surface area (Å²) in [4.78, 5) is 26.6. The summed E-state index contributed by atoms with van der Waals surface area (Å²) in [6, 6.07) is -0.240. The Balaban J connectivity index is 1.68. The number of likely N-dealkylation sites (tertiary alicyclic amines) is 1. The maximum Gasteiger partial charge on any atom is 0.323 e. The van der Waals surface area contributed by atoms with Crippen molar-refractivity contribution in [2.75, 3.05) is 39.3 Å². The number of piperidine rings is 1. The van der Waals surface area contributed by atoms with Gasteiger partial charge in [0.2, 0.25) is 0 Å². The molecule has 0 unspecified atom stereocenters. The van der Waals surface area contributed by atoms with Crippen LogP contribution in [0, 0.1) is 5.92 Å². The zero-order valence-electron chi connectivity index (χ0n) is 12.0. The Morgan fingerprint density at radius 1 is 1.20 bits per heavy atom. The normalized spacial score (nSPS) is 19.6. The molecule has 0 radical (unpaired) electrons. The van der Waals surface area contributed by atoms with E-state index in [0.717, 1.165) is 32.5 Å². The van der Waals surface area contributed by atoms with Crippen molar-refractivity contribution in [3.05, 3.63) is 0 Å². The molecule has 20 heavy (non-hydrogen) atoms. The van der Waals surface area contributed by atoms with Gasteiger partial charge in [-0.25, -0.2) is 4.79 Å². The molecule has 1 saturated heterocycles. The highest BCUT2D eigenvalue weighted by Gasteiger charge is 2.27. The Morgan fingerprint density at radius 3 is 2.50 bits per heavy atom. The van der Waals surface area contributed by atoms with Crippen LogP contribution in [0.25, 0.3) is 0 Å². The Morgan fingerprint density at radius 2 is 1.90 bits per heavy atom. The average Bonchev–Trinajstić information content (AvgIpc) is 3.22. The van der Waals surface area contributed by atoms with Crippen molar-refractivity contribution in [3.8, 4) is 0 Å². The molecule has 0 aromatic carbocycles. The molecule has 0 aromatic rings. The highest BCUT2D eigenvalue weighted by atomic mass is 16.4. The van der Waals surface area contributed by atoms with E-state index in [2.05, 4.69) is 10.2 Å². The van der Waals surface area contributed by atoms with Crippen molar-refractivity contribution in [1.82, 2.24) is 15.1 Å². The summed E-state index contributed by atoms with van der Waals surface area (Å²) in [5.41, 5.74) is 0. The van der Waals surface area contributed by atoms with E-state index in [9.17, 15) is 9.59 Å². The lowest BCUT2D eigenvalue weighted by Crippen LogP contribution is -2.46. The minimum Gasteiger partial charge on any atom is -0.480 e. The number of nitrogens with one attached hydrogen (secondary N) is 1. The monoisotopic (exact) mass is 283 g/mol. The zero-order chi connectivity index (χ0) is 14.4. The Bertz CT molecular complexity index is 339. The van der Waals surface area contributed by atoms with E-state index >= 15 is 0 Å². The molecule has 1 heterocycles. The van der Waals surface area contributed by atoms with E-state index in [4.69, 9.17) is 5.11 Å². The first kappa shape index (κ1) is 15.1. The Labute approximate surface area is 120 Å². The fraction of sp³-hybridized carbons (Fsp3) is 0.857. The van der Waals surface area contributed by atoms with Crippen LogP contribution in [0.2, 0.25) is 0 Å². The summed E-state index contributed by atoms with van der Waals surface area (Å²) in [5.74, 6) is -0.445. The molecule has 2 rings (SSSR count). The third-order valence-corrected chi connectivity index (χ3v) is 3.94. The average molecular weight is 283 g/mol. The SMILES string of the molecule is O=C(O)CN(CC1CC1)C(=O)NCCN1CCCCC1. The summed E-state index contributed by atoms with van der Waals surface area (Å²) in [6.45, 7) is 4.04. The number of aliphatic carboxylic acids is 1. The first-order valence-electron chi connectivity index (χ1n) is 7.62. The molecule has 2 N–H and O–H groups in total. The third-order valence-electron chi connectivity index (χ3n) is 3.94. The molecule has 0 atom stereocenters. The third kappa shape index (κ3) is 5.36. The summed E-state index contributed by atoms with van der Waals surface area (Å²) in [5, 5.41) is 11.7. The number of carbonyl (C=O) groups excluding carboxylic acids is 1. The number of carboxylic acids is 1. The summed E-state index contributed by atoms with van der Waals surface area (Å²) in [7, 11) is 0. The Kier molecular flexibility index (Phi) is 5.64. The van der Waals surface area contributed by atoms with Gasteiger partial charge >= 0.3 is 12.0 Å². The van der Waals surface area contributed by atoms with Crippen LogP contribution in [-0.2, 0) is 4.79 Å². The van der Waals surface area contributed by atoms with E-state index < -0.39 is 5.97 Å². The molecular weight excluding hydrogens is 258 g/mol. The van der Waals surface area contributed by atoms with Crippen molar-refractivity contribution < 1.29 is 14.7 Å². The van der Waals surface area contributed by atoms with Crippen LogP contribution in [0.4, 0.5) is 4.79 Å².